The smallest absolute Gasteiger partial charge is 0.408 e. The molecule has 8 nitrogen and oxygen atoms in total. The molecule has 3 unspecified atom stereocenters. The summed E-state index contributed by atoms with van der Waals surface area (Å²) < 4.78 is 11.0. The third-order valence-electron chi connectivity index (χ3n) is 5.23. The van der Waals surface area contributed by atoms with Gasteiger partial charge in [-0.05, 0) is 24.5 Å². The molecule has 1 aliphatic rings. The number of rotatable bonds is 10. The van der Waals surface area contributed by atoms with Gasteiger partial charge in [-0.2, -0.15) is 0 Å². The summed E-state index contributed by atoms with van der Waals surface area (Å²) in [5, 5.41) is 7.97. The Labute approximate surface area is 187 Å². The molecule has 170 valence electrons. The van der Waals surface area contributed by atoms with Crippen molar-refractivity contribution in [2.45, 2.75) is 57.7 Å². The lowest BCUT2D eigenvalue weighted by molar-refractivity contribution is -0.155. The van der Waals surface area contributed by atoms with Crippen molar-refractivity contribution in [2.75, 3.05) is 0 Å². The predicted molar refractivity (Wildman–Crippen MR) is 118 cm³/mol. The van der Waals surface area contributed by atoms with Gasteiger partial charge in [-0.15, -0.1) is 0 Å². The van der Waals surface area contributed by atoms with E-state index in [4.69, 9.17) is 9.47 Å². The SMILES string of the molecule is CCC(C)OC1NC(=O)C1NC(=O)[C@H](Cc1ccccc1)NC(=O)OCc1ccccc1. The number of hydrogen-bond acceptors (Lipinski definition) is 5. The zero-order valence-electron chi connectivity index (χ0n) is 18.2. The summed E-state index contributed by atoms with van der Waals surface area (Å²) in [4.78, 5) is 37.4. The molecule has 0 aliphatic carbocycles. The van der Waals surface area contributed by atoms with E-state index in [0.29, 0.717) is 0 Å². The highest BCUT2D eigenvalue weighted by Gasteiger charge is 2.43. The Kier molecular flexibility index (Phi) is 8.21. The summed E-state index contributed by atoms with van der Waals surface area (Å²) in [5.41, 5.74) is 1.70. The number of carbonyl (C=O) groups is 3. The van der Waals surface area contributed by atoms with Crippen LogP contribution in [0.25, 0.3) is 0 Å². The van der Waals surface area contributed by atoms with E-state index in [0.717, 1.165) is 17.5 Å². The van der Waals surface area contributed by atoms with Crippen LogP contribution in [0.5, 0.6) is 0 Å². The number of ether oxygens (including phenoxy) is 2. The van der Waals surface area contributed by atoms with E-state index < -0.39 is 30.3 Å². The van der Waals surface area contributed by atoms with E-state index in [1.54, 1.807) is 0 Å². The maximum Gasteiger partial charge on any atom is 0.408 e. The molecule has 2 aromatic rings. The second kappa shape index (κ2) is 11.3. The first kappa shape index (κ1) is 23.3. The molecule has 0 spiro atoms. The number of amides is 3. The van der Waals surface area contributed by atoms with Crippen LogP contribution in [-0.4, -0.2) is 42.3 Å². The Morgan fingerprint density at radius 1 is 1.03 bits per heavy atom. The predicted octanol–water partition coefficient (Wildman–Crippen LogP) is 2.28. The lowest BCUT2D eigenvalue weighted by atomic mass is 10.0. The normalized spacial score (nSPS) is 19.1. The molecule has 1 heterocycles. The minimum absolute atomic E-state index is 0.0637. The Morgan fingerprint density at radius 2 is 1.66 bits per heavy atom. The van der Waals surface area contributed by atoms with Crippen molar-refractivity contribution < 1.29 is 23.9 Å². The average Bonchev–Trinajstić information content (AvgIpc) is 2.81. The van der Waals surface area contributed by atoms with E-state index in [1.165, 1.54) is 0 Å². The maximum absolute atomic E-state index is 13.0. The van der Waals surface area contributed by atoms with Crippen molar-refractivity contribution in [1.29, 1.82) is 0 Å². The lowest BCUT2D eigenvalue weighted by Crippen LogP contribution is -2.71. The van der Waals surface area contributed by atoms with Crippen molar-refractivity contribution in [3.05, 3.63) is 71.8 Å². The van der Waals surface area contributed by atoms with E-state index in [1.807, 2.05) is 74.5 Å². The van der Waals surface area contributed by atoms with E-state index >= 15 is 0 Å². The van der Waals surface area contributed by atoms with Gasteiger partial charge in [0.1, 0.15) is 12.6 Å². The van der Waals surface area contributed by atoms with Gasteiger partial charge >= 0.3 is 6.09 Å². The van der Waals surface area contributed by atoms with Crippen molar-refractivity contribution in [3.63, 3.8) is 0 Å². The Bertz CT molecular complexity index is 906. The Morgan fingerprint density at radius 3 is 2.25 bits per heavy atom. The van der Waals surface area contributed by atoms with Crippen LogP contribution in [0.4, 0.5) is 4.79 Å². The number of β-lactam (4-membered cyclic amide) rings is 1. The molecular weight excluding hydrogens is 410 g/mol. The van der Waals surface area contributed by atoms with Crippen molar-refractivity contribution >= 4 is 17.9 Å². The molecule has 4 atom stereocenters. The van der Waals surface area contributed by atoms with Crippen LogP contribution < -0.4 is 16.0 Å². The fraction of sp³-hybridized carbons (Fsp3) is 0.375. The molecule has 1 fully saturated rings. The first-order chi connectivity index (χ1) is 15.5. The van der Waals surface area contributed by atoms with Crippen LogP contribution in [-0.2, 0) is 32.1 Å². The third kappa shape index (κ3) is 6.55. The third-order valence-corrected chi connectivity index (χ3v) is 5.23. The zero-order chi connectivity index (χ0) is 22.9. The summed E-state index contributed by atoms with van der Waals surface area (Å²) >= 11 is 0. The monoisotopic (exact) mass is 439 g/mol. The quantitative estimate of drug-likeness (QED) is 0.493. The standard InChI is InChI=1S/C24H29N3O5/c1-3-16(2)32-23-20(22(29)27-23)26-21(28)19(14-17-10-6-4-7-11-17)25-24(30)31-15-18-12-8-5-9-13-18/h4-13,16,19-20,23H,3,14-15H2,1-2H3,(H,25,30)(H,26,28)(H,27,29)/t16?,19-,20?,23?/m0/s1. The fourth-order valence-corrected chi connectivity index (χ4v) is 3.17. The van der Waals surface area contributed by atoms with E-state index in [9.17, 15) is 14.4 Å². The first-order valence-electron chi connectivity index (χ1n) is 10.7. The van der Waals surface area contributed by atoms with Gasteiger partial charge in [0, 0.05) is 6.42 Å². The molecule has 8 heteroatoms. The van der Waals surface area contributed by atoms with Gasteiger partial charge in [-0.1, -0.05) is 67.6 Å². The summed E-state index contributed by atoms with van der Waals surface area (Å²) in [7, 11) is 0. The van der Waals surface area contributed by atoms with Gasteiger partial charge in [0.25, 0.3) is 0 Å². The van der Waals surface area contributed by atoms with Gasteiger partial charge in [0.05, 0.1) is 6.10 Å². The lowest BCUT2D eigenvalue weighted by Gasteiger charge is -2.38. The Balaban J connectivity index is 1.63. The highest BCUT2D eigenvalue weighted by atomic mass is 16.5. The van der Waals surface area contributed by atoms with E-state index in [-0.39, 0.29) is 25.0 Å². The molecule has 3 rings (SSSR count). The van der Waals surface area contributed by atoms with Gasteiger partial charge in [0.15, 0.2) is 12.3 Å². The molecule has 1 saturated heterocycles. The van der Waals surface area contributed by atoms with Crippen LogP contribution in [0, 0.1) is 0 Å². The summed E-state index contributed by atoms with van der Waals surface area (Å²) in [5.74, 6) is -0.806. The van der Waals surface area contributed by atoms with Crippen LogP contribution in [0.1, 0.15) is 31.4 Å². The molecular formula is C24H29N3O5. The summed E-state index contributed by atoms with van der Waals surface area (Å²) in [6, 6.07) is 16.8. The minimum Gasteiger partial charge on any atom is -0.445 e. The summed E-state index contributed by atoms with van der Waals surface area (Å²) in [6.45, 7) is 3.95. The molecule has 0 bridgehead atoms. The number of carbonyl (C=O) groups excluding carboxylic acids is 3. The van der Waals surface area contributed by atoms with Crippen LogP contribution >= 0.6 is 0 Å². The van der Waals surface area contributed by atoms with Gasteiger partial charge in [-0.25, -0.2) is 4.79 Å². The average molecular weight is 440 g/mol. The topological polar surface area (TPSA) is 106 Å². The van der Waals surface area contributed by atoms with Crippen molar-refractivity contribution in [3.8, 4) is 0 Å². The molecule has 2 aromatic carbocycles. The first-order valence-corrected chi connectivity index (χ1v) is 10.7. The fourth-order valence-electron chi connectivity index (χ4n) is 3.17. The maximum atomic E-state index is 13.0. The zero-order valence-corrected chi connectivity index (χ0v) is 18.2. The minimum atomic E-state index is -0.918. The molecule has 0 saturated carbocycles. The molecule has 0 aromatic heterocycles. The molecule has 32 heavy (non-hydrogen) atoms. The van der Waals surface area contributed by atoms with Gasteiger partial charge in [0.2, 0.25) is 11.8 Å². The van der Waals surface area contributed by atoms with Crippen molar-refractivity contribution in [1.82, 2.24) is 16.0 Å². The number of benzene rings is 2. The summed E-state index contributed by atoms with van der Waals surface area (Å²) in [6.07, 6.45) is -0.345. The number of alkyl carbamates (subject to hydrolysis) is 1. The number of nitrogens with one attached hydrogen (secondary N) is 3. The highest BCUT2D eigenvalue weighted by Crippen LogP contribution is 2.13. The van der Waals surface area contributed by atoms with Crippen molar-refractivity contribution in [2.24, 2.45) is 0 Å². The highest BCUT2D eigenvalue weighted by molar-refractivity contribution is 5.95. The molecule has 0 radical (unpaired) electrons. The molecule has 1 aliphatic heterocycles. The Hall–Kier alpha value is -3.39. The largest absolute Gasteiger partial charge is 0.445 e. The van der Waals surface area contributed by atoms with Gasteiger partial charge in [-0.3, -0.25) is 9.59 Å². The second-order valence-corrected chi connectivity index (χ2v) is 7.72. The van der Waals surface area contributed by atoms with E-state index in [2.05, 4.69) is 16.0 Å². The van der Waals surface area contributed by atoms with Gasteiger partial charge < -0.3 is 25.4 Å². The van der Waals surface area contributed by atoms with Crippen LogP contribution in [0.3, 0.4) is 0 Å². The van der Waals surface area contributed by atoms with Crippen LogP contribution in [0.15, 0.2) is 60.7 Å². The van der Waals surface area contributed by atoms with Crippen LogP contribution in [0.2, 0.25) is 0 Å². The second-order valence-electron chi connectivity index (χ2n) is 7.72. The molecule has 3 N–H and O–H groups in total. The number of hydrogen-bond donors (Lipinski definition) is 3. The molecule has 3 amide bonds.